The molecular weight excluding hydrogens is 274 g/mol. The molecule has 1 aliphatic rings. The van der Waals surface area contributed by atoms with Crippen LogP contribution in [0.4, 0.5) is 0 Å². The topological polar surface area (TPSA) is 61.8 Å². The average Bonchev–Trinajstić information content (AvgIpc) is 2.58. The molecule has 0 spiro atoms. The zero-order valence-electron chi connectivity index (χ0n) is 7.70. The molecule has 1 unspecified atom stereocenters. The van der Waals surface area contributed by atoms with Gasteiger partial charge < -0.3 is 11.1 Å². The van der Waals surface area contributed by atoms with Crippen molar-refractivity contribution >= 4 is 33.4 Å². The lowest BCUT2D eigenvalue weighted by Gasteiger charge is -2.07. The fraction of sp³-hybridized carbons (Fsp3) is 0.100. The van der Waals surface area contributed by atoms with E-state index in [4.69, 9.17) is 11.0 Å². The van der Waals surface area contributed by atoms with E-state index >= 15 is 0 Å². The average molecular weight is 282 g/mol. The summed E-state index contributed by atoms with van der Waals surface area (Å²) in [5, 5.41) is 11.9. The molecule has 3 nitrogen and oxygen atoms in total. The first-order chi connectivity index (χ1) is 7.20. The summed E-state index contributed by atoms with van der Waals surface area (Å²) in [7, 11) is 0. The van der Waals surface area contributed by atoms with Gasteiger partial charge in [0.25, 0.3) is 0 Å². The predicted molar refractivity (Wildman–Crippen MR) is 65.7 cm³/mol. The van der Waals surface area contributed by atoms with E-state index in [0.29, 0.717) is 5.56 Å². The minimum absolute atomic E-state index is 0.125. The van der Waals surface area contributed by atoms with Crippen LogP contribution in [0.25, 0.3) is 5.70 Å². The van der Waals surface area contributed by atoms with E-state index in [2.05, 4.69) is 27.3 Å². The Bertz CT molecular complexity index is 464. The monoisotopic (exact) mass is 281 g/mol. The number of nitrogens with zero attached hydrogens (tertiary/aromatic N) is 1. The van der Waals surface area contributed by atoms with Crippen LogP contribution in [0.3, 0.4) is 0 Å². The fourth-order valence-corrected chi connectivity index (χ4v) is 2.98. The van der Waals surface area contributed by atoms with Crippen molar-refractivity contribution in [1.29, 1.82) is 5.26 Å². The van der Waals surface area contributed by atoms with Crippen LogP contribution in [-0.2, 0) is 0 Å². The van der Waals surface area contributed by atoms with Gasteiger partial charge in [-0.1, -0.05) is 23.9 Å². The molecule has 15 heavy (non-hydrogen) atoms. The Balaban J connectivity index is 2.39. The van der Waals surface area contributed by atoms with Crippen molar-refractivity contribution in [2.75, 3.05) is 0 Å². The van der Waals surface area contributed by atoms with Gasteiger partial charge >= 0.3 is 0 Å². The van der Waals surface area contributed by atoms with Crippen molar-refractivity contribution in [2.24, 2.45) is 5.73 Å². The van der Waals surface area contributed by atoms with Crippen LogP contribution >= 0.6 is 27.7 Å². The number of benzene rings is 1. The van der Waals surface area contributed by atoms with E-state index in [0.717, 1.165) is 15.1 Å². The largest absolute Gasteiger partial charge is 0.359 e. The number of thioether (sulfide) groups is 1. The van der Waals surface area contributed by atoms with Gasteiger partial charge in [0.2, 0.25) is 0 Å². The second-order valence-corrected chi connectivity index (χ2v) is 5.49. The van der Waals surface area contributed by atoms with Gasteiger partial charge in [0, 0.05) is 5.56 Å². The third-order valence-corrected chi connectivity index (χ3v) is 3.73. The summed E-state index contributed by atoms with van der Waals surface area (Å²) in [5.74, 6) is 0. The summed E-state index contributed by atoms with van der Waals surface area (Å²) < 4.78 is 0.977. The van der Waals surface area contributed by atoms with Crippen molar-refractivity contribution in [2.45, 2.75) is 5.50 Å². The molecule has 0 aromatic heterocycles. The van der Waals surface area contributed by atoms with E-state index < -0.39 is 0 Å². The number of nitrogens with one attached hydrogen (secondary N) is 1. The molecule has 0 saturated carbocycles. The third-order valence-electron chi connectivity index (χ3n) is 1.99. The Morgan fingerprint density at radius 3 is 2.93 bits per heavy atom. The number of hydrogen-bond acceptors (Lipinski definition) is 4. The van der Waals surface area contributed by atoms with Crippen LogP contribution < -0.4 is 11.1 Å². The molecular formula is C10H8BrN3S. The summed E-state index contributed by atoms with van der Waals surface area (Å²) in [6.45, 7) is 0. The van der Waals surface area contributed by atoms with Crippen LogP contribution in [0.5, 0.6) is 0 Å². The highest BCUT2D eigenvalue weighted by Gasteiger charge is 2.20. The molecule has 1 aromatic carbocycles. The third kappa shape index (κ3) is 2.17. The molecule has 5 heteroatoms. The fourth-order valence-electron chi connectivity index (χ4n) is 1.34. The number of nitrogens with two attached hydrogens (primary N) is 1. The summed E-state index contributed by atoms with van der Waals surface area (Å²) in [6, 6.07) is 9.53. The Hall–Kier alpha value is -0.960. The van der Waals surface area contributed by atoms with Crippen LogP contribution in [0.2, 0.25) is 0 Å². The maximum Gasteiger partial charge on any atom is 0.128 e. The molecule has 1 atom stereocenters. The SMILES string of the molecule is N#Cc1cccc(C2=C(Br)SC(N)N2)c1. The molecule has 76 valence electrons. The number of rotatable bonds is 1. The highest BCUT2D eigenvalue weighted by molar-refractivity contribution is 9.14. The normalized spacial score (nSPS) is 19.9. The molecule has 1 aliphatic heterocycles. The highest BCUT2D eigenvalue weighted by Crippen LogP contribution is 2.37. The Morgan fingerprint density at radius 1 is 1.53 bits per heavy atom. The Labute approximate surface area is 100 Å². The smallest absolute Gasteiger partial charge is 0.128 e. The van der Waals surface area contributed by atoms with Crippen LogP contribution in [0.1, 0.15) is 11.1 Å². The molecule has 3 N–H and O–H groups in total. The van der Waals surface area contributed by atoms with Gasteiger partial charge in [-0.2, -0.15) is 5.26 Å². The van der Waals surface area contributed by atoms with Crippen molar-refractivity contribution in [3.8, 4) is 6.07 Å². The lowest BCUT2D eigenvalue weighted by Crippen LogP contribution is -2.28. The number of nitriles is 1. The molecule has 0 fully saturated rings. The zero-order chi connectivity index (χ0) is 10.8. The van der Waals surface area contributed by atoms with Crippen LogP contribution in [0, 0.1) is 11.3 Å². The summed E-state index contributed by atoms with van der Waals surface area (Å²) in [6.07, 6.45) is 0. The van der Waals surface area contributed by atoms with Crippen molar-refractivity contribution in [3.63, 3.8) is 0 Å². The minimum atomic E-state index is -0.125. The standard InChI is InChI=1S/C10H8BrN3S/c11-9-8(14-10(13)15-9)7-3-1-2-6(4-7)5-12/h1-4,10,14H,13H2. The number of halogens is 1. The Morgan fingerprint density at radius 2 is 2.33 bits per heavy atom. The predicted octanol–water partition coefficient (Wildman–Crippen LogP) is 2.16. The molecule has 1 aromatic rings. The first kappa shape index (κ1) is 10.6. The quantitative estimate of drug-likeness (QED) is 0.828. The lowest BCUT2D eigenvalue weighted by atomic mass is 10.1. The van der Waals surface area contributed by atoms with Crippen molar-refractivity contribution in [3.05, 3.63) is 39.2 Å². The van der Waals surface area contributed by atoms with E-state index in [9.17, 15) is 0 Å². The molecule has 0 bridgehead atoms. The zero-order valence-corrected chi connectivity index (χ0v) is 10.1. The van der Waals surface area contributed by atoms with Crippen molar-refractivity contribution < 1.29 is 0 Å². The van der Waals surface area contributed by atoms with Gasteiger partial charge in [0.05, 0.1) is 21.1 Å². The molecule has 1 heterocycles. The Kier molecular flexibility index (Phi) is 3.00. The van der Waals surface area contributed by atoms with E-state index in [1.807, 2.05) is 18.2 Å². The summed E-state index contributed by atoms with van der Waals surface area (Å²) in [5.41, 5.74) is 8.18. The highest BCUT2D eigenvalue weighted by atomic mass is 79.9. The molecule has 0 aliphatic carbocycles. The minimum Gasteiger partial charge on any atom is -0.359 e. The van der Waals surface area contributed by atoms with Crippen LogP contribution in [0.15, 0.2) is 28.1 Å². The van der Waals surface area contributed by atoms with Gasteiger partial charge in [-0.3, -0.25) is 0 Å². The summed E-state index contributed by atoms with van der Waals surface area (Å²) in [4.78, 5) is 0. The molecule has 2 rings (SSSR count). The molecule has 0 radical (unpaired) electrons. The van der Waals surface area contributed by atoms with Gasteiger partial charge in [-0.05, 0) is 28.1 Å². The maximum atomic E-state index is 8.79. The van der Waals surface area contributed by atoms with Gasteiger partial charge in [0.15, 0.2) is 0 Å². The van der Waals surface area contributed by atoms with Gasteiger partial charge in [-0.25, -0.2) is 0 Å². The van der Waals surface area contributed by atoms with Crippen LogP contribution in [-0.4, -0.2) is 5.50 Å². The first-order valence-electron chi connectivity index (χ1n) is 4.30. The van der Waals surface area contributed by atoms with E-state index in [1.165, 1.54) is 11.8 Å². The van der Waals surface area contributed by atoms with E-state index in [1.54, 1.807) is 6.07 Å². The van der Waals surface area contributed by atoms with E-state index in [-0.39, 0.29) is 5.50 Å². The second-order valence-electron chi connectivity index (χ2n) is 3.02. The van der Waals surface area contributed by atoms with Crippen molar-refractivity contribution in [1.82, 2.24) is 5.32 Å². The molecule has 0 amide bonds. The first-order valence-corrected chi connectivity index (χ1v) is 5.97. The molecule has 0 saturated heterocycles. The van der Waals surface area contributed by atoms with Gasteiger partial charge in [0.1, 0.15) is 5.50 Å². The van der Waals surface area contributed by atoms with Gasteiger partial charge in [-0.15, -0.1) is 0 Å². The number of hydrogen-bond donors (Lipinski definition) is 2. The maximum absolute atomic E-state index is 8.79. The second kappa shape index (κ2) is 4.27. The summed E-state index contributed by atoms with van der Waals surface area (Å²) >= 11 is 4.96. The lowest BCUT2D eigenvalue weighted by molar-refractivity contribution is 0.853.